The minimum atomic E-state index is -0.207. The third kappa shape index (κ3) is 3.44. The van der Waals surface area contributed by atoms with Gasteiger partial charge in [-0.05, 0) is 13.8 Å². The van der Waals surface area contributed by atoms with Gasteiger partial charge >= 0.3 is 0 Å². The quantitative estimate of drug-likeness (QED) is 0.472. The summed E-state index contributed by atoms with van der Waals surface area (Å²) in [5.41, 5.74) is 5.25. The van der Waals surface area contributed by atoms with Crippen LogP contribution < -0.4 is 5.43 Å². The maximum Gasteiger partial charge on any atom is 0.250 e. The number of thioether (sulfide) groups is 1. The van der Waals surface area contributed by atoms with Crippen LogP contribution in [0.2, 0.25) is 0 Å². The molecular weight excluding hydrogens is 278 g/mol. The highest BCUT2D eigenvalue weighted by molar-refractivity contribution is 7.99. The Kier molecular flexibility index (Phi) is 4.51. The van der Waals surface area contributed by atoms with E-state index in [0.29, 0.717) is 5.16 Å². The Morgan fingerprint density at radius 3 is 3.00 bits per heavy atom. The number of aryl methyl sites for hydroxylation is 2. The Morgan fingerprint density at radius 2 is 2.40 bits per heavy atom. The molecule has 0 saturated carbocycles. The number of aromatic nitrogens is 5. The van der Waals surface area contributed by atoms with Crippen molar-refractivity contribution in [2.45, 2.75) is 19.0 Å². The van der Waals surface area contributed by atoms with Crippen molar-refractivity contribution in [2.75, 3.05) is 5.75 Å². The molecule has 2 aromatic rings. The summed E-state index contributed by atoms with van der Waals surface area (Å²) in [6, 6.07) is 0. The van der Waals surface area contributed by atoms with Crippen LogP contribution in [0.5, 0.6) is 0 Å². The van der Waals surface area contributed by atoms with Gasteiger partial charge in [0.1, 0.15) is 6.33 Å². The van der Waals surface area contributed by atoms with Crippen molar-refractivity contribution in [1.82, 2.24) is 30.4 Å². The number of H-pyrrole nitrogens is 1. The molecule has 0 atom stereocenters. The highest BCUT2D eigenvalue weighted by Crippen LogP contribution is 2.10. The number of hydrogen-bond donors (Lipinski definition) is 2. The second kappa shape index (κ2) is 6.33. The Bertz CT molecular complexity index is 617. The summed E-state index contributed by atoms with van der Waals surface area (Å²) in [5, 5.41) is 15.2. The Morgan fingerprint density at radius 1 is 1.60 bits per heavy atom. The average molecular weight is 293 g/mol. The summed E-state index contributed by atoms with van der Waals surface area (Å²) in [7, 11) is 1.87. The molecule has 0 aromatic carbocycles. The molecule has 2 heterocycles. The first-order valence-electron chi connectivity index (χ1n) is 5.88. The Labute approximate surface area is 120 Å². The number of carbonyl (C=O) groups is 1. The van der Waals surface area contributed by atoms with Crippen molar-refractivity contribution in [3.05, 3.63) is 23.3 Å². The predicted octanol–water partition coefficient (Wildman–Crippen LogP) is 0.397. The Hall–Kier alpha value is -2.16. The number of hydrazone groups is 1. The van der Waals surface area contributed by atoms with Gasteiger partial charge in [0.05, 0.1) is 17.7 Å². The van der Waals surface area contributed by atoms with Gasteiger partial charge in [-0.1, -0.05) is 11.8 Å². The number of nitrogens with one attached hydrogen (secondary N) is 2. The van der Waals surface area contributed by atoms with Gasteiger partial charge in [-0.2, -0.15) is 15.3 Å². The molecule has 0 saturated heterocycles. The van der Waals surface area contributed by atoms with Crippen LogP contribution in [0, 0.1) is 13.8 Å². The van der Waals surface area contributed by atoms with Gasteiger partial charge in [0.15, 0.2) is 5.16 Å². The first kappa shape index (κ1) is 14.3. The molecule has 8 nitrogen and oxygen atoms in total. The van der Waals surface area contributed by atoms with Crippen LogP contribution in [0.1, 0.15) is 17.0 Å². The van der Waals surface area contributed by atoms with Crippen molar-refractivity contribution in [3.8, 4) is 0 Å². The lowest BCUT2D eigenvalue weighted by Gasteiger charge is -1.98. The number of nitrogens with zero attached hydrogens (tertiary/aromatic N) is 5. The lowest BCUT2D eigenvalue weighted by Crippen LogP contribution is -2.19. The van der Waals surface area contributed by atoms with Crippen molar-refractivity contribution in [1.29, 1.82) is 0 Å². The number of aromatic amines is 1. The van der Waals surface area contributed by atoms with E-state index < -0.39 is 0 Å². The van der Waals surface area contributed by atoms with E-state index in [1.807, 2.05) is 20.9 Å². The second-order valence-electron chi connectivity index (χ2n) is 4.08. The highest BCUT2D eigenvalue weighted by Gasteiger charge is 2.07. The molecule has 0 aliphatic heterocycles. The molecule has 2 aromatic heterocycles. The molecule has 0 radical (unpaired) electrons. The summed E-state index contributed by atoms with van der Waals surface area (Å²) >= 11 is 1.26. The van der Waals surface area contributed by atoms with E-state index in [0.717, 1.165) is 17.0 Å². The molecule has 0 aliphatic rings. The number of hydrogen-bond acceptors (Lipinski definition) is 6. The normalized spacial score (nSPS) is 11.2. The van der Waals surface area contributed by atoms with E-state index in [-0.39, 0.29) is 11.7 Å². The average Bonchev–Trinajstić information content (AvgIpc) is 3.00. The van der Waals surface area contributed by atoms with E-state index in [1.165, 1.54) is 18.1 Å². The highest BCUT2D eigenvalue weighted by atomic mass is 32.2. The molecule has 0 fully saturated rings. The van der Waals surface area contributed by atoms with Crippen LogP contribution in [0.3, 0.4) is 0 Å². The van der Waals surface area contributed by atoms with Crippen LogP contribution in [0.25, 0.3) is 0 Å². The summed E-state index contributed by atoms with van der Waals surface area (Å²) in [5.74, 6) is 0.0132. The molecule has 1 amide bonds. The van der Waals surface area contributed by atoms with E-state index in [2.05, 4.69) is 30.8 Å². The van der Waals surface area contributed by atoms with Gasteiger partial charge in [0, 0.05) is 18.3 Å². The van der Waals surface area contributed by atoms with Gasteiger partial charge in [0.2, 0.25) is 0 Å². The van der Waals surface area contributed by atoms with Crippen LogP contribution in [0.15, 0.2) is 16.6 Å². The third-order valence-electron chi connectivity index (χ3n) is 2.68. The lowest BCUT2D eigenvalue weighted by molar-refractivity contribution is -0.118. The maximum absolute atomic E-state index is 11.6. The number of carbonyl (C=O) groups excluding carboxylic acids is 1. The topological polar surface area (TPSA) is 101 Å². The van der Waals surface area contributed by atoms with Crippen LogP contribution in [-0.4, -0.2) is 42.8 Å². The molecule has 0 unspecified atom stereocenters. The third-order valence-corrected chi connectivity index (χ3v) is 3.56. The van der Waals surface area contributed by atoms with E-state index in [9.17, 15) is 4.79 Å². The van der Waals surface area contributed by atoms with Crippen LogP contribution in [0.4, 0.5) is 0 Å². The molecule has 2 N–H and O–H groups in total. The predicted molar refractivity (Wildman–Crippen MR) is 75.5 cm³/mol. The van der Waals surface area contributed by atoms with Gasteiger partial charge in [0.25, 0.3) is 5.91 Å². The zero-order valence-corrected chi connectivity index (χ0v) is 12.2. The van der Waals surface area contributed by atoms with E-state index in [4.69, 9.17) is 0 Å². The summed E-state index contributed by atoms with van der Waals surface area (Å²) < 4.78 is 1.78. The zero-order valence-electron chi connectivity index (χ0n) is 11.4. The van der Waals surface area contributed by atoms with Gasteiger partial charge < -0.3 is 0 Å². The molecule has 0 spiro atoms. The fraction of sp³-hybridized carbons (Fsp3) is 0.364. The molecule has 0 bridgehead atoms. The van der Waals surface area contributed by atoms with Gasteiger partial charge in [-0.3, -0.25) is 14.6 Å². The maximum atomic E-state index is 11.6. The largest absolute Gasteiger partial charge is 0.272 e. The van der Waals surface area contributed by atoms with Crippen molar-refractivity contribution >= 4 is 23.9 Å². The molecular formula is C11H15N7OS. The minimum Gasteiger partial charge on any atom is -0.272 e. The summed E-state index contributed by atoms with van der Waals surface area (Å²) in [6.45, 7) is 3.85. The van der Waals surface area contributed by atoms with Gasteiger partial charge in [-0.25, -0.2) is 10.4 Å². The van der Waals surface area contributed by atoms with Crippen LogP contribution in [-0.2, 0) is 11.8 Å². The fourth-order valence-corrected chi connectivity index (χ4v) is 2.15. The molecule has 2 rings (SSSR count). The first-order chi connectivity index (χ1) is 9.58. The fourth-order valence-electron chi connectivity index (χ4n) is 1.58. The summed E-state index contributed by atoms with van der Waals surface area (Å²) in [6.07, 6.45) is 3.00. The second-order valence-corrected chi connectivity index (χ2v) is 5.04. The molecule has 106 valence electrons. The standard InChI is InChI=1S/C11H15N7OS/c1-7-9(8(2)18(3)17-7)4-13-15-10(19)5-20-11-12-6-14-16-11/h4,6H,5H2,1-3H3,(H,15,19)(H,12,14,16)/b13-4+. The van der Waals surface area contributed by atoms with Crippen molar-refractivity contribution in [3.63, 3.8) is 0 Å². The smallest absolute Gasteiger partial charge is 0.250 e. The molecule has 9 heteroatoms. The minimum absolute atomic E-state index is 0.207. The number of rotatable bonds is 5. The first-order valence-corrected chi connectivity index (χ1v) is 6.86. The zero-order chi connectivity index (χ0) is 14.5. The van der Waals surface area contributed by atoms with Gasteiger partial charge in [-0.15, -0.1) is 0 Å². The number of amides is 1. The van der Waals surface area contributed by atoms with E-state index >= 15 is 0 Å². The van der Waals surface area contributed by atoms with Crippen molar-refractivity contribution < 1.29 is 4.79 Å². The Balaban J connectivity index is 1.85. The van der Waals surface area contributed by atoms with Crippen molar-refractivity contribution in [2.24, 2.45) is 12.1 Å². The summed E-state index contributed by atoms with van der Waals surface area (Å²) in [4.78, 5) is 15.5. The monoisotopic (exact) mass is 293 g/mol. The van der Waals surface area contributed by atoms with E-state index in [1.54, 1.807) is 10.9 Å². The molecule has 20 heavy (non-hydrogen) atoms. The van der Waals surface area contributed by atoms with Crippen LogP contribution >= 0.6 is 11.8 Å². The molecule has 0 aliphatic carbocycles. The SMILES string of the molecule is Cc1nn(C)c(C)c1/C=N/NC(=O)CSc1ncn[nH]1. The lowest BCUT2D eigenvalue weighted by atomic mass is 10.2.